The fraction of sp³-hybridized carbons (Fsp3) is 0.333. The largest absolute Gasteiger partial charge is 0.496 e. The number of nitrogens with zero attached hydrogens (tertiary/aromatic N) is 2. The summed E-state index contributed by atoms with van der Waals surface area (Å²) >= 11 is 17.3. The minimum atomic E-state index is -1.76. The summed E-state index contributed by atoms with van der Waals surface area (Å²) in [6, 6.07) is 11.1. The second-order valence-corrected chi connectivity index (χ2v) is 10.5. The van der Waals surface area contributed by atoms with Gasteiger partial charge >= 0.3 is 0 Å². The van der Waals surface area contributed by atoms with Crippen LogP contribution < -0.4 is 31.0 Å². The van der Waals surface area contributed by atoms with Crippen LogP contribution in [0, 0.1) is 0 Å². The lowest BCUT2D eigenvalue weighted by Crippen LogP contribution is -2.45. The molecule has 0 fully saturated rings. The number of methoxy groups -OCH3 is 2. The molecular formula is C24H30Br2N6O6S2. The first-order chi connectivity index (χ1) is 19.1. The summed E-state index contributed by atoms with van der Waals surface area (Å²) in [6.07, 6.45) is -4.01. The number of halogens is 2. The molecule has 0 aliphatic heterocycles. The van der Waals surface area contributed by atoms with Crippen molar-refractivity contribution in [3.05, 3.63) is 56.5 Å². The number of thiocarbonyl (C=S) groups is 2. The van der Waals surface area contributed by atoms with Gasteiger partial charge in [-0.1, -0.05) is 12.1 Å². The van der Waals surface area contributed by atoms with Crippen LogP contribution >= 0.6 is 56.3 Å². The van der Waals surface area contributed by atoms with E-state index in [0.717, 1.165) is 26.3 Å². The van der Waals surface area contributed by atoms with Gasteiger partial charge < -0.3 is 40.5 Å². The summed E-state index contributed by atoms with van der Waals surface area (Å²) in [5.74, 6) is 1.39. The van der Waals surface area contributed by atoms with Crippen molar-refractivity contribution in [2.75, 3.05) is 20.8 Å². The van der Waals surface area contributed by atoms with Crippen molar-refractivity contribution in [3.63, 3.8) is 0 Å². The van der Waals surface area contributed by atoms with E-state index in [0.29, 0.717) is 24.6 Å². The molecule has 218 valence electrons. The van der Waals surface area contributed by atoms with E-state index in [2.05, 4.69) is 63.5 Å². The van der Waals surface area contributed by atoms with Crippen molar-refractivity contribution in [3.8, 4) is 11.5 Å². The summed E-state index contributed by atoms with van der Waals surface area (Å²) in [4.78, 5) is 0. The van der Waals surface area contributed by atoms with Gasteiger partial charge in [0.15, 0.2) is 10.2 Å². The van der Waals surface area contributed by atoms with Crippen LogP contribution in [0.2, 0.25) is 0 Å². The Morgan fingerprint density at radius 2 is 1.40 bits per heavy atom. The Morgan fingerprint density at radius 1 is 0.900 bits per heavy atom. The number of hydrogen-bond donors (Lipinski definition) is 8. The number of aliphatic hydroxyl groups is 4. The van der Waals surface area contributed by atoms with Gasteiger partial charge in [-0.15, -0.1) is 0 Å². The summed E-state index contributed by atoms with van der Waals surface area (Å²) in [6.45, 7) is -0.0313. The minimum absolute atomic E-state index is 0.109. The number of ether oxygens (including phenoxy) is 2. The number of rotatable bonds is 13. The van der Waals surface area contributed by atoms with Gasteiger partial charge in [0, 0.05) is 13.1 Å². The minimum Gasteiger partial charge on any atom is -0.496 e. The Morgan fingerprint density at radius 3 is 1.85 bits per heavy atom. The van der Waals surface area contributed by atoms with E-state index in [9.17, 15) is 15.3 Å². The third-order valence-electron chi connectivity index (χ3n) is 5.20. The third-order valence-corrected chi connectivity index (χ3v) is 6.91. The molecule has 3 unspecified atom stereocenters. The van der Waals surface area contributed by atoms with Crippen LogP contribution in [0.1, 0.15) is 11.1 Å². The Kier molecular flexibility index (Phi) is 14.7. The van der Waals surface area contributed by atoms with Crippen LogP contribution in [0.3, 0.4) is 0 Å². The first kappa shape index (κ1) is 33.8. The first-order valence-electron chi connectivity index (χ1n) is 11.6. The van der Waals surface area contributed by atoms with E-state index in [-0.39, 0.29) is 15.9 Å². The molecule has 0 amide bonds. The van der Waals surface area contributed by atoms with E-state index in [4.69, 9.17) is 39.0 Å². The maximum atomic E-state index is 10.5. The summed E-state index contributed by atoms with van der Waals surface area (Å²) in [7, 11) is 3.15. The Labute approximate surface area is 259 Å². The molecule has 2 rings (SSSR count). The lowest BCUT2D eigenvalue weighted by Gasteiger charge is -2.21. The van der Waals surface area contributed by atoms with Crippen LogP contribution in [-0.2, 0) is 13.1 Å². The Bertz CT molecular complexity index is 1220. The number of hydrazone groups is 2. The topological polar surface area (TPSA) is 172 Å². The average Bonchev–Trinajstić information content (AvgIpc) is 2.95. The maximum absolute atomic E-state index is 10.5. The van der Waals surface area contributed by atoms with Crippen molar-refractivity contribution in [1.29, 1.82) is 0 Å². The lowest BCUT2D eigenvalue weighted by atomic mass is 10.0. The highest BCUT2D eigenvalue weighted by Crippen LogP contribution is 2.26. The van der Waals surface area contributed by atoms with Crippen LogP contribution in [0.4, 0.5) is 0 Å². The fourth-order valence-electron chi connectivity index (χ4n) is 3.02. The predicted molar refractivity (Wildman–Crippen MR) is 168 cm³/mol. The molecule has 12 nitrogen and oxygen atoms in total. The van der Waals surface area contributed by atoms with Gasteiger partial charge in [0.1, 0.15) is 35.5 Å². The van der Waals surface area contributed by atoms with Gasteiger partial charge in [-0.3, -0.25) is 10.9 Å². The van der Waals surface area contributed by atoms with E-state index in [1.54, 1.807) is 20.3 Å². The highest BCUT2D eigenvalue weighted by molar-refractivity contribution is 9.10. The van der Waals surface area contributed by atoms with Gasteiger partial charge in [0.25, 0.3) is 0 Å². The van der Waals surface area contributed by atoms with E-state index < -0.39 is 24.9 Å². The SMILES string of the molecule is COc1ccc(CNC(=S)N/N=C(/C=N/NC(=S)NCc2ccc(OC)c(Br)c2)C(O)C(O)C(O)CO)cc1Br. The van der Waals surface area contributed by atoms with Gasteiger partial charge in [-0.25, -0.2) is 0 Å². The van der Waals surface area contributed by atoms with Gasteiger partial charge in [0.2, 0.25) is 0 Å². The zero-order valence-electron chi connectivity index (χ0n) is 21.5. The monoisotopic (exact) mass is 720 g/mol. The van der Waals surface area contributed by atoms with Crippen molar-refractivity contribution in [1.82, 2.24) is 21.5 Å². The Hall–Kier alpha value is -2.44. The van der Waals surface area contributed by atoms with E-state index in [1.165, 1.54) is 0 Å². The molecule has 2 aromatic carbocycles. The predicted octanol–water partition coefficient (Wildman–Crippen LogP) is 1.27. The number of aliphatic hydroxyl groups excluding tert-OH is 4. The molecule has 0 bridgehead atoms. The maximum Gasteiger partial charge on any atom is 0.187 e. The van der Waals surface area contributed by atoms with Crippen LogP contribution in [-0.4, -0.2) is 81.7 Å². The second kappa shape index (κ2) is 17.4. The molecular weight excluding hydrogens is 692 g/mol. The molecule has 40 heavy (non-hydrogen) atoms. The zero-order valence-corrected chi connectivity index (χ0v) is 26.3. The van der Waals surface area contributed by atoms with Crippen LogP contribution in [0.15, 0.2) is 55.5 Å². The molecule has 0 spiro atoms. The smallest absolute Gasteiger partial charge is 0.187 e. The van der Waals surface area contributed by atoms with Gasteiger partial charge in [-0.2, -0.15) is 10.2 Å². The lowest BCUT2D eigenvalue weighted by molar-refractivity contribution is -0.0549. The number of benzene rings is 2. The third kappa shape index (κ3) is 10.9. The van der Waals surface area contributed by atoms with E-state index >= 15 is 0 Å². The first-order valence-corrected chi connectivity index (χ1v) is 14.0. The quantitative estimate of drug-likeness (QED) is 0.0848. The van der Waals surface area contributed by atoms with Crippen molar-refractivity contribution in [2.45, 2.75) is 31.4 Å². The zero-order chi connectivity index (χ0) is 29.7. The van der Waals surface area contributed by atoms with Crippen LogP contribution in [0.25, 0.3) is 0 Å². The standard InChI is InChI=1S/C24H30Br2N6O6S2/c1-37-19-5-3-13(7-15(19)25)9-27-23(39)31-29-11-17(21(35)22(36)18(34)12-33)30-32-24(40)28-10-14-4-6-20(38-2)16(26)8-14/h3-8,11,18,21-22,33-36H,9-10,12H2,1-2H3,(H2,27,31,39)(H2,28,32,40)/b29-11+,30-17-. The molecule has 8 N–H and O–H groups in total. The Balaban J connectivity index is 2.00. The number of hydrogen-bond acceptors (Lipinski definition) is 10. The molecule has 0 heterocycles. The molecule has 2 aromatic rings. The molecule has 16 heteroatoms. The molecule has 0 saturated carbocycles. The molecule has 0 aliphatic rings. The molecule has 3 atom stereocenters. The second-order valence-electron chi connectivity index (χ2n) is 8.01. The summed E-state index contributed by atoms with van der Waals surface area (Å²) in [5, 5.41) is 53.7. The van der Waals surface area contributed by atoms with Crippen molar-refractivity contribution >= 4 is 78.4 Å². The molecule has 0 aliphatic carbocycles. The molecule has 0 aromatic heterocycles. The molecule has 0 radical (unpaired) electrons. The highest BCUT2D eigenvalue weighted by Gasteiger charge is 2.28. The number of nitrogens with one attached hydrogen (secondary N) is 4. The fourth-order valence-corrected chi connectivity index (χ4v) is 4.44. The van der Waals surface area contributed by atoms with E-state index in [1.807, 2.05) is 30.3 Å². The van der Waals surface area contributed by atoms with Gasteiger partial charge in [-0.05, 0) is 91.7 Å². The van der Waals surface area contributed by atoms with Gasteiger partial charge in [0.05, 0.1) is 36.0 Å². The molecule has 0 saturated heterocycles. The van der Waals surface area contributed by atoms with Crippen molar-refractivity contribution < 1.29 is 29.9 Å². The average molecular weight is 722 g/mol. The highest BCUT2D eigenvalue weighted by atomic mass is 79.9. The summed E-state index contributed by atoms with van der Waals surface area (Å²) < 4.78 is 12.0. The van der Waals surface area contributed by atoms with Crippen LogP contribution in [0.5, 0.6) is 11.5 Å². The van der Waals surface area contributed by atoms with Crippen molar-refractivity contribution in [2.24, 2.45) is 10.2 Å². The normalized spacial score (nSPS) is 13.8. The summed E-state index contributed by atoms with van der Waals surface area (Å²) in [5.41, 5.74) is 6.76.